The Hall–Kier alpha value is -4.37. The number of nitrogens with zero attached hydrogens (tertiary/aromatic N) is 3. The Morgan fingerprint density at radius 2 is 1.74 bits per heavy atom. The minimum atomic E-state index is -1.19. The lowest BCUT2D eigenvalue weighted by atomic mass is 10.0. The van der Waals surface area contributed by atoms with Crippen LogP contribution in [0.3, 0.4) is 0 Å². The third kappa shape index (κ3) is 5.59. The summed E-state index contributed by atoms with van der Waals surface area (Å²) in [5, 5.41) is 7.54. The fraction of sp³-hybridized carbons (Fsp3) is 0.0800. The van der Waals surface area contributed by atoms with Gasteiger partial charge < -0.3 is 11.1 Å². The second-order valence-electron chi connectivity index (χ2n) is 7.61. The monoisotopic (exact) mass is 491 g/mol. The number of nitrogens with one attached hydrogen (secondary N) is 1. The molecule has 2 aromatic carbocycles. The highest BCUT2D eigenvalue weighted by atomic mass is 35.5. The summed E-state index contributed by atoms with van der Waals surface area (Å²) in [5.74, 6) is -2.89. The smallest absolute Gasteiger partial charge is 0.287 e. The Morgan fingerprint density at radius 3 is 2.43 bits per heavy atom. The molecule has 35 heavy (non-hydrogen) atoms. The number of Topliss-reactive ketones (excluding diaryl/α,β-unsaturated/α-hetero) is 1. The SMILES string of the molecule is NC(=O)C(=O)C(Cc1ccc(Cl)cc1)NC(=O)c1cccnc1-n1ccc(-c2ccc(F)cc2)n1. The van der Waals surface area contributed by atoms with E-state index in [0.717, 1.165) is 0 Å². The van der Waals surface area contributed by atoms with Gasteiger partial charge in [0, 0.05) is 29.4 Å². The number of pyridine rings is 1. The van der Waals surface area contributed by atoms with Crippen molar-refractivity contribution in [2.75, 3.05) is 0 Å². The number of primary amides is 1. The van der Waals surface area contributed by atoms with E-state index < -0.39 is 23.6 Å². The van der Waals surface area contributed by atoms with Gasteiger partial charge in [-0.3, -0.25) is 14.4 Å². The molecule has 2 heterocycles. The first kappa shape index (κ1) is 23.8. The van der Waals surface area contributed by atoms with E-state index in [1.807, 2.05) is 0 Å². The number of ketones is 1. The lowest BCUT2D eigenvalue weighted by molar-refractivity contribution is -0.137. The number of aromatic nitrogens is 3. The summed E-state index contributed by atoms with van der Waals surface area (Å²) in [6.07, 6.45) is 3.14. The van der Waals surface area contributed by atoms with Gasteiger partial charge >= 0.3 is 0 Å². The fourth-order valence-corrected chi connectivity index (χ4v) is 3.57. The van der Waals surface area contributed by atoms with E-state index in [1.54, 1.807) is 54.7 Å². The van der Waals surface area contributed by atoms with Crippen molar-refractivity contribution < 1.29 is 18.8 Å². The molecule has 0 aliphatic rings. The van der Waals surface area contributed by atoms with Crippen LogP contribution >= 0.6 is 11.6 Å². The van der Waals surface area contributed by atoms with Crippen LogP contribution in [0.15, 0.2) is 79.1 Å². The highest BCUT2D eigenvalue weighted by Crippen LogP contribution is 2.20. The van der Waals surface area contributed by atoms with Crippen molar-refractivity contribution in [3.8, 4) is 17.1 Å². The largest absolute Gasteiger partial charge is 0.363 e. The van der Waals surface area contributed by atoms with Crippen molar-refractivity contribution >= 4 is 29.2 Å². The van der Waals surface area contributed by atoms with E-state index in [9.17, 15) is 18.8 Å². The molecule has 176 valence electrons. The minimum Gasteiger partial charge on any atom is -0.363 e. The first-order valence-electron chi connectivity index (χ1n) is 10.5. The summed E-state index contributed by atoms with van der Waals surface area (Å²) < 4.78 is 14.6. The number of rotatable bonds is 8. The second-order valence-corrected chi connectivity index (χ2v) is 8.05. The molecular weight excluding hydrogens is 473 g/mol. The van der Waals surface area contributed by atoms with Gasteiger partial charge in [0.2, 0.25) is 5.78 Å². The van der Waals surface area contributed by atoms with Crippen LogP contribution in [0, 0.1) is 5.82 Å². The first-order valence-corrected chi connectivity index (χ1v) is 10.9. The molecule has 1 atom stereocenters. The van der Waals surface area contributed by atoms with E-state index >= 15 is 0 Å². The van der Waals surface area contributed by atoms with Crippen molar-refractivity contribution in [3.05, 3.63) is 101 Å². The summed E-state index contributed by atoms with van der Waals surface area (Å²) in [6.45, 7) is 0. The van der Waals surface area contributed by atoms with E-state index in [2.05, 4.69) is 15.4 Å². The van der Waals surface area contributed by atoms with Gasteiger partial charge in [-0.2, -0.15) is 5.10 Å². The van der Waals surface area contributed by atoms with E-state index in [-0.39, 0.29) is 23.6 Å². The summed E-state index contributed by atoms with van der Waals surface area (Å²) in [4.78, 5) is 41.5. The van der Waals surface area contributed by atoms with Gasteiger partial charge in [0.15, 0.2) is 5.82 Å². The highest BCUT2D eigenvalue weighted by Gasteiger charge is 2.27. The van der Waals surface area contributed by atoms with E-state index in [4.69, 9.17) is 17.3 Å². The number of halogens is 2. The normalized spacial score (nSPS) is 11.6. The predicted octanol–water partition coefficient (Wildman–Crippen LogP) is 3.12. The predicted molar refractivity (Wildman–Crippen MR) is 127 cm³/mol. The summed E-state index contributed by atoms with van der Waals surface area (Å²) in [5.41, 5.74) is 7.24. The maximum atomic E-state index is 13.2. The number of nitrogens with two attached hydrogens (primary N) is 1. The van der Waals surface area contributed by atoms with Gasteiger partial charge in [0.05, 0.1) is 11.3 Å². The molecule has 0 fully saturated rings. The molecule has 4 rings (SSSR count). The molecule has 1 unspecified atom stereocenters. The summed E-state index contributed by atoms with van der Waals surface area (Å²) in [7, 11) is 0. The Morgan fingerprint density at radius 1 is 1.03 bits per heavy atom. The number of carbonyl (C=O) groups is 3. The minimum absolute atomic E-state index is 0.0385. The number of benzene rings is 2. The molecular formula is C25H19ClFN5O3. The Bertz CT molecular complexity index is 1390. The zero-order valence-electron chi connectivity index (χ0n) is 18.2. The third-order valence-electron chi connectivity index (χ3n) is 5.20. The van der Waals surface area contributed by atoms with Crippen LogP contribution < -0.4 is 11.1 Å². The van der Waals surface area contributed by atoms with Crippen molar-refractivity contribution in [1.29, 1.82) is 0 Å². The summed E-state index contributed by atoms with van der Waals surface area (Å²) in [6, 6.07) is 16.1. The molecule has 0 saturated carbocycles. The molecule has 3 N–H and O–H groups in total. The average Bonchev–Trinajstić information content (AvgIpc) is 3.35. The molecule has 2 aromatic heterocycles. The van der Waals surface area contributed by atoms with Crippen molar-refractivity contribution in [2.24, 2.45) is 5.73 Å². The van der Waals surface area contributed by atoms with Crippen molar-refractivity contribution in [2.45, 2.75) is 12.5 Å². The van der Waals surface area contributed by atoms with Gasteiger partial charge in [-0.25, -0.2) is 14.1 Å². The topological polar surface area (TPSA) is 120 Å². The van der Waals surface area contributed by atoms with Crippen LogP contribution in [-0.2, 0) is 16.0 Å². The van der Waals surface area contributed by atoms with Gasteiger partial charge in [0.25, 0.3) is 11.8 Å². The lowest BCUT2D eigenvalue weighted by Crippen LogP contribution is -2.47. The van der Waals surface area contributed by atoms with Gasteiger partial charge in [-0.15, -0.1) is 0 Å². The molecule has 0 aliphatic heterocycles. The van der Waals surface area contributed by atoms with Crippen LogP contribution in [0.25, 0.3) is 17.1 Å². The maximum absolute atomic E-state index is 13.2. The lowest BCUT2D eigenvalue weighted by Gasteiger charge is -2.17. The number of hydrogen-bond acceptors (Lipinski definition) is 5. The zero-order chi connectivity index (χ0) is 24.9. The number of hydrogen-bond donors (Lipinski definition) is 2. The second kappa shape index (κ2) is 10.3. The molecule has 10 heteroatoms. The van der Waals surface area contributed by atoms with Gasteiger partial charge in [-0.1, -0.05) is 23.7 Å². The van der Waals surface area contributed by atoms with E-state index in [0.29, 0.717) is 21.8 Å². The molecule has 0 aliphatic carbocycles. The van der Waals surface area contributed by atoms with Crippen LogP contribution in [0.2, 0.25) is 5.02 Å². The average molecular weight is 492 g/mol. The quantitative estimate of drug-likeness (QED) is 0.367. The zero-order valence-corrected chi connectivity index (χ0v) is 18.9. The summed E-state index contributed by atoms with van der Waals surface area (Å²) >= 11 is 5.91. The Kier molecular flexibility index (Phi) is 6.98. The Balaban J connectivity index is 1.60. The van der Waals surface area contributed by atoms with Crippen molar-refractivity contribution in [3.63, 3.8) is 0 Å². The molecule has 0 spiro atoms. The number of carbonyl (C=O) groups excluding carboxylic acids is 3. The first-order chi connectivity index (χ1) is 16.8. The Labute approximate surface area is 204 Å². The fourth-order valence-electron chi connectivity index (χ4n) is 3.45. The molecule has 0 saturated heterocycles. The molecule has 2 amide bonds. The van der Waals surface area contributed by atoms with Gasteiger partial charge in [-0.05, 0) is 60.2 Å². The maximum Gasteiger partial charge on any atom is 0.287 e. The van der Waals surface area contributed by atoms with Crippen molar-refractivity contribution in [1.82, 2.24) is 20.1 Å². The standard InChI is InChI=1S/C25H19ClFN5O3/c26-17-7-3-15(4-8-17)14-21(22(33)23(28)34)30-25(35)19-2-1-12-29-24(19)32-13-11-20(31-32)16-5-9-18(27)10-6-16/h1-13,21H,14H2,(H2,28,34)(H,30,35). The van der Waals surface area contributed by atoms with E-state index in [1.165, 1.54) is 29.1 Å². The van der Waals surface area contributed by atoms with Crippen LogP contribution in [0.1, 0.15) is 15.9 Å². The molecule has 4 aromatic rings. The number of amides is 2. The molecule has 8 nitrogen and oxygen atoms in total. The molecule has 0 bridgehead atoms. The van der Waals surface area contributed by atoms with Crippen LogP contribution in [0.5, 0.6) is 0 Å². The van der Waals surface area contributed by atoms with Crippen LogP contribution in [-0.4, -0.2) is 38.4 Å². The highest BCUT2D eigenvalue weighted by molar-refractivity contribution is 6.38. The third-order valence-corrected chi connectivity index (χ3v) is 5.45. The van der Waals surface area contributed by atoms with Crippen LogP contribution in [0.4, 0.5) is 4.39 Å². The molecule has 0 radical (unpaired) electrons. The van der Waals surface area contributed by atoms with Gasteiger partial charge in [0.1, 0.15) is 11.9 Å².